The summed E-state index contributed by atoms with van der Waals surface area (Å²) in [7, 11) is 1.60. The molecule has 0 fully saturated rings. The predicted octanol–water partition coefficient (Wildman–Crippen LogP) is 0.616. The largest absolute Gasteiger partial charge is 0.508 e. The maximum atomic E-state index is 11.2. The molecule has 0 aromatic heterocycles. The molecule has 0 unspecified atom stereocenters. The smallest absolute Gasteiger partial charge is 0.236 e. The van der Waals surface area contributed by atoms with E-state index in [-0.39, 0.29) is 17.7 Å². The quantitative estimate of drug-likeness (QED) is 0.679. The number of aromatic hydroxyl groups is 1. The third-order valence-corrected chi connectivity index (χ3v) is 2.23. The zero-order valence-corrected chi connectivity index (χ0v) is 8.95. The summed E-state index contributed by atoms with van der Waals surface area (Å²) in [6, 6.07) is 6.79. The normalized spacial score (nSPS) is 12.1. The number of para-hydroxylation sites is 1. The van der Waals surface area contributed by atoms with Gasteiger partial charge in [0.05, 0.1) is 6.04 Å². The molecule has 0 heterocycles. The molecule has 0 saturated heterocycles. The molecule has 0 radical (unpaired) electrons. The summed E-state index contributed by atoms with van der Waals surface area (Å²) in [6.07, 6.45) is 0. The van der Waals surface area contributed by atoms with Crippen molar-refractivity contribution in [3.05, 3.63) is 29.8 Å². The van der Waals surface area contributed by atoms with Crippen molar-refractivity contribution in [3.8, 4) is 5.75 Å². The average molecular weight is 208 g/mol. The molecule has 82 valence electrons. The van der Waals surface area contributed by atoms with Crippen LogP contribution in [-0.2, 0) is 11.3 Å². The summed E-state index contributed by atoms with van der Waals surface area (Å²) >= 11 is 0. The summed E-state index contributed by atoms with van der Waals surface area (Å²) in [5.41, 5.74) is 0.785. The summed E-state index contributed by atoms with van der Waals surface area (Å²) in [5, 5.41) is 15.0. The van der Waals surface area contributed by atoms with Crippen LogP contribution in [0.5, 0.6) is 5.75 Å². The van der Waals surface area contributed by atoms with Gasteiger partial charge in [-0.1, -0.05) is 18.2 Å². The Morgan fingerprint density at radius 3 is 2.73 bits per heavy atom. The lowest BCUT2D eigenvalue weighted by atomic mass is 10.2. The fraction of sp³-hybridized carbons (Fsp3) is 0.364. The van der Waals surface area contributed by atoms with Gasteiger partial charge in [-0.3, -0.25) is 4.79 Å². The number of hydrogen-bond acceptors (Lipinski definition) is 3. The first-order valence-corrected chi connectivity index (χ1v) is 4.87. The molecule has 1 aromatic carbocycles. The highest BCUT2D eigenvalue weighted by atomic mass is 16.3. The molecule has 1 aromatic rings. The van der Waals surface area contributed by atoms with Crippen LogP contribution in [0.1, 0.15) is 12.5 Å². The molecule has 0 aliphatic heterocycles. The predicted molar refractivity (Wildman–Crippen MR) is 58.5 cm³/mol. The maximum Gasteiger partial charge on any atom is 0.236 e. The molecule has 0 saturated carbocycles. The van der Waals surface area contributed by atoms with Crippen molar-refractivity contribution in [1.29, 1.82) is 0 Å². The third-order valence-electron chi connectivity index (χ3n) is 2.23. The molecule has 0 aliphatic carbocycles. The molecular formula is C11H16N2O2. The number of phenolic OH excluding ortho intramolecular Hbond substituents is 1. The number of likely N-dealkylation sites (N-methyl/N-ethyl adjacent to an activating group) is 1. The number of benzene rings is 1. The summed E-state index contributed by atoms with van der Waals surface area (Å²) in [6.45, 7) is 2.25. The van der Waals surface area contributed by atoms with Crippen LogP contribution in [0.4, 0.5) is 0 Å². The number of nitrogens with one attached hydrogen (secondary N) is 2. The van der Waals surface area contributed by atoms with E-state index in [0.717, 1.165) is 5.56 Å². The average Bonchev–Trinajstić information content (AvgIpc) is 2.26. The second kappa shape index (κ2) is 5.36. The maximum absolute atomic E-state index is 11.2. The second-order valence-electron chi connectivity index (χ2n) is 3.35. The number of carbonyl (C=O) groups is 1. The molecule has 1 amide bonds. The van der Waals surface area contributed by atoms with Gasteiger partial charge in [0.25, 0.3) is 0 Å². The lowest BCUT2D eigenvalue weighted by Crippen LogP contribution is -2.40. The Balaban J connectivity index is 2.50. The van der Waals surface area contributed by atoms with E-state index in [0.29, 0.717) is 6.54 Å². The van der Waals surface area contributed by atoms with Crippen molar-refractivity contribution in [2.24, 2.45) is 0 Å². The number of rotatable bonds is 4. The van der Waals surface area contributed by atoms with Crippen molar-refractivity contribution in [2.75, 3.05) is 7.05 Å². The van der Waals surface area contributed by atoms with Gasteiger partial charge in [-0.2, -0.15) is 0 Å². The Bertz CT molecular complexity index is 339. The first-order valence-electron chi connectivity index (χ1n) is 4.87. The van der Waals surface area contributed by atoms with Gasteiger partial charge in [0.15, 0.2) is 0 Å². The van der Waals surface area contributed by atoms with Crippen molar-refractivity contribution in [3.63, 3.8) is 0 Å². The number of carbonyl (C=O) groups excluding carboxylic acids is 1. The second-order valence-corrected chi connectivity index (χ2v) is 3.35. The van der Waals surface area contributed by atoms with Gasteiger partial charge in [-0.25, -0.2) is 0 Å². The van der Waals surface area contributed by atoms with Gasteiger partial charge in [0.2, 0.25) is 5.91 Å². The Hall–Kier alpha value is -1.55. The van der Waals surface area contributed by atoms with E-state index in [1.54, 1.807) is 26.1 Å². The minimum Gasteiger partial charge on any atom is -0.508 e. The molecule has 0 bridgehead atoms. The fourth-order valence-corrected chi connectivity index (χ4v) is 1.23. The van der Waals surface area contributed by atoms with Gasteiger partial charge in [-0.15, -0.1) is 0 Å². The van der Waals surface area contributed by atoms with E-state index in [4.69, 9.17) is 0 Å². The van der Waals surface area contributed by atoms with E-state index in [1.807, 2.05) is 12.1 Å². The van der Waals surface area contributed by atoms with Gasteiger partial charge in [-0.05, 0) is 13.0 Å². The van der Waals surface area contributed by atoms with E-state index < -0.39 is 0 Å². The van der Waals surface area contributed by atoms with Crippen LogP contribution in [0.25, 0.3) is 0 Å². The molecule has 3 N–H and O–H groups in total. The van der Waals surface area contributed by atoms with E-state index in [9.17, 15) is 9.90 Å². The minimum atomic E-state index is -0.269. The van der Waals surface area contributed by atoms with Crippen molar-refractivity contribution in [1.82, 2.24) is 10.6 Å². The van der Waals surface area contributed by atoms with Crippen LogP contribution in [0.15, 0.2) is 24.3 Å². The molecular weight excluding hydrogens is 192 g/mol. The zero-order chi connectivity index (χ0) is 11.3. The van der Waals surface area contributed by atoms with Gasteiger partial charge < -0.3 is 15.7 Å². The van der Waals surface area contributed by atoms with Gasteiger partial charge in [0, 0.05) is 19.2 Å². The highest BCUT2D eigenvalue weighted by molar-refractivity contribution is 5.80. The minimum absolute atomic E-state index is 0.0644. The van der Waals surface area contributed by atoms with Crippen molar-refractivity contribution >= 4 is 5.91 Å². The van der Waals surface area contributed by atoms with Crippen LogP contribution in [-0.4, -0.2) is 24.1 Å². The Morgan fingerprint density at radius 1 is 1.47 bits per heavy atom. The lowest BCUT2D eigenvalue weighted by Gasteiger charge is -2.12. The highest BCUT2D eigenvalue weighted by Crippen LogP contribution is 2.14. The monoisotopic (exact) mass is 208 g/mol. The van der Waals surface area contributed by atoms with E-state index in [2.05, 4.69) is 10.6 Å². The molecule has 1 atom stereocenters. The number of phenols is 1. The molecule has 4 heteroatoms. The van der Waals surface area contributed by atoms with Crippen LogP contribution in [0, 0.1) is 0 Å². The summed E-state index contributed by atoms with van der Waals surface area (Å²) < 4.78 is 0. The SMILES string of the molecule is CNC(=O)[C@@H](C)NCc1ccccc1O. The topological polar surface area (TPSA) is 61.4 Å². The Morgan fingerprint density at radius 2 is 2.13 bits per heavy atom. The van der Waals surface area contributed by atoms with Crippen LogP contribution in [0.2, 0.25) is 0 Å². The van der Waals surface area contributed by atoms with Crippen LogP contribution < -0.4 is 10.6 Å². The van der Waals surface area contributed by atoms with Crippen LogP contribution in [0.3, 0.4) is 0 Å². The molecule has 15 heavy (non-hydrogen) atoms. The third kappa shape index (κ3) is 3.25. The number of hydrogen-bond donors (Lipinski definition) is 3. The first-order chi connectivity index (χ1) is 7.15. The van der Waals surface area contributed by atoms with Gasteiger partial charge in [0.1, 0.15) is 5.75 Å². The molecule has 1 rings (SSSR count). The van der Waals surface area contributed by atoms with E-state index >= 15 is 0 Å². The number of amides is 1. The summed E-state index contributed by atoms with van der Waals surface area (Å²) in [5.74, 6) is 0.180. The van der Waals surface area contributed by atoms with Crippen molar-refractivity contribution < 1.29 is 9.90 Å². The van der Waals surface area contributed by atoms with Crippen LogP contribution >= 0.6 is 0 Å². The standard InChI is InChI=1S/C11H16N2O2/c1-8(11(15)12-2)13-7-9-5-3-4-6-10(9)14/h3-6,8,13-14H,7H2,1-2H3,(H,12,15)/t8-/m1/s1. The Labute approximate surface area is 89.3 Å². The Kier molecular flexibility index (Phi) is 4.12. The molecule has 0 aliphatic rings. The summed E-state index contributed by atoms with van der Waals surface area (Å²) in [4.78, 5) is 11.2. The molecule has 0 spiro atoms. The fourth-order valence-electron chi connectivity index (χ4n) is 1.23. The first kappa shape index (κ1) is 11.5. The molecule has 4 nitrogen and oxygen atoms in total. The highest BCUT2D eigenvalue weighted by Gasteiger charge is 2.10. The zero-order valence-electron chi connectivity index (χ0n) is 8.95. The van der Waals surface area contributed by atoms with E-state index in [1.165, 1.54) is 0 Å². The lowest BCUT2D eigenvalue weighted by molar-refractivity contribution is -0.122. The van der Waals surface area contributed by atoms with Gasteiger partial charge >= 0.3 is 0 Å². The van der Waals surface area contributed by atoms with Crippen molar-refractivity contribution in [2.45, 2.75) is 19.5 Å².